The molecule has 0 bridgehead atoms. The summed E-state index contributed by atoms with van der Waals surface area (Å²) in [5.41, 5.74) is -0.0699. The summed E-state index contributed by atoms with van der Waals surface area (Å²) in [5.74, 6) is 0.558. The highest BCUT2D eigenvalue weighted by Crippen LogP contribution is 2.48. The molecule has 0 saturated carbocycles. The summed E-state index contributed by atoms with van der Waals surface area (Å²) >= 11 is 5.92. The Hall–Kier alpha value is -2.32. The molecule has 1 unspecified atom stereocenters. The minimum atomic E-state index is -2.95. The van der Waals surface area contributed by atoms with Crippen LogP contribution in [0.15, 0.2) is 12.3 Å². The second kappa shape index (κ2) is 8.58. The molecule has 2 rings (SSSR count). The van der Waals surface area contributed by atoms with Gasteiger partial charge in [0, 0.05) is 11.1 Å². The van der Waals surface area contributed by atoms with E-state index in [2.05, 4.69) is 4.98 Å². The van der Waals surface area contributed by atoms with Crippen molar-refractivity contribution >= 4 is 11.6 Å². The van der Waals surface area contributed by atoms with Gasteiger partial charge in [0.25, 0.3) is 6.43 Å². The summed E-state index contributed by atoms with van der Waals surface area (Å²) in [4.78, 5) is 3.90. The molecule has 6 nitrogen and oxygen atoms in total. The van der Waals surface area contributed by atoms with E-state index in [4.69, 9.17) is 30.5 Å². The van der Waals surface area contributed by atoms with Crippen molar-refractivity contribution in [2.24, 2.45) is 0 Å². The summed E-state index contributed by atoms with van der Waals surface area (Å²) in [6.07, 6.45) is -3.47. The fraction of sp³-hybridized carbons (Fsp3) is 0.389. The lowest BCUT2D eigenvalue weighted by molar-refractivity contribution is 0.140. The lowest BCUT2D eigenvalue weighted by Crippen LogP contribution is -2.12. The number of aromatic nitrogens is 1. The van der Waals surface area contributed by atoms with Gasteiger partial charge >= 0.3 is 0 Å². The first-order valence-corrected chi connectivity index (χ1v) is 8.17. The topological polar surface area (TPSA) is 70.0 Å². The van der Waals surface area contributed by atoms with E-state index < -0.39 is 18.1 Å². The Morgan fingerprint density at radius 3 is 2.07 bits per heavy atom. The van der Waals surface area contributed by atoms with Crippen LogP contribution in [0, 0.1) is 6.92 Å². The second-order valence-electron chi connectivity index (χ2n) is 5.52. The number of alkyl halides is 2. The van der Waals surface area contributed by atoms with Crippen molar-refractivity contribution in [1.29, 1.82) is 0 Å². The maximum Gasteiger partial charge on any atom is 0.265 e. The van der Waals surface area contributed by atoms with Gasteiger partial charge in [-0.3, -0.25) is 0 Å². The van der Waals surface area contributed by atoms with E-state index in [9.17, 15) is 13.9 Å². The van der Waals surface area contributed by atoms with Crippen LogP contribution in [0.1, 0.15) is 34.8 Å². The first-order chi connectivity index (χ1) is 12.8. The van der Waals surface area contributed by atoms with Gasteiger partial charge in [-0.1, -0.05) is 11.6 Å². The summed E-state index contributed by atoms with van der Waals surface area (Å²) < 4.78 is 48.4. The Balaban J connectivity index is 2.83. The van der Waals surface area contributed by atoms with Crippen LogP contribution in [0.5, 0.6) is 23.1 Å². The van der Waals surface area contributed by atoms with E-state index in [-0.39, 0.29) is 33.5 Å². The van der Waals surface area contributed by atoms with Gasteiger partial charge in [-0.25, -0.2) is 13.8 Å². The van der Waals surface area contributed by atoms with E-state index in [0.717, 1.165) is 6.20 Å². The lowest BCUT2D eigenvalue weighted by atomic mass is 9.93. The van der Waals surface area contributed by atoms with Gasteiger partial charge in [0.15, 0.2) is 11.5 Å². The zero-order valence-electron chi connectivity index (χ0n) is 15.5. The zero-order valence-corrected chi connectivity index (χ0v) is 16.2. The van der Waals surface area contributed by atoms with Gasteiger partial charge in [0.2, 0.25) is 11.6 Å². The highest BCUT2D eigenvalue weighted by molar-refractivity contribution is 6.31. The SMILES string of the molecule is COc1cc(C)c(C(O)c2c(OC)ncc(Cl)c2C(F)F)c(OC)c1OC. The fourth-order valence-electron chi connectivity index (χ4n) is 2.93. The lowest BCUT2D eigenvalue weighted by Gasteiger charge is -2.24. The van der Waals surface area contributed by atoms with E-state index >= 15 is 0 Å². The average Bonchev–Trinajstić information content (AvgIpc) is 2.65. The quantitative estimate of drug-likeness (QED) is 0.750. The first kappa shape index (κ1) is 21.0. The average molecular weight is 404 g/mol. The number of pyridine rings is 1. The third-order valence-electron chi connectivity index (χ3n) is 4.11. The molecule has 1 atom stereocenters. The number of rotatable bonds is 7. The summed E-state index contributed by atoms with van der Waals surface area (Å²) in [7, 11) is 5.48. The molecule has 0 aliphatic carbocycles. The summed E-state index contributed by atoms with van der Waals surface area (Å²) in [6, 6.07) is 1.60. The third kappa shape index (κ3) is 3.72. The third-order valence-corrected chi connectivity index (χ3v) is 4.41. The summed E-state index contributed by atoms with van der Waals surface area (Å²) in [6.45, 7) is 1.68. The Bertz CT molecular complexity index is 832. The van der Waals surface area contributed by atoms with Gasteiger partial charge < -0.3 is 24.1 Å². The van der Waals surface area contributed by atoms with Crippen molar-refractivity contribution in [3.63, 3.8) is 0 Å². The van der Waals surface area contributed by atoms with E-state index in [1.807, 2.05) is 0 Å². The van der Waals surface area contributed by atoms with Gasteiger partial charge in [0.05, 0.1) is 45.2 Å². The number of aliphatic hydroxyl groups is 1. The molecule has 1 aromatic heterocycles. The van der Waals surface area contributed by atoms with Crippen LogP contribution >= 0.6 is 11.6 Å². The smallest absolute Gasteiger partial charge is 0.265 e. The fourth-order valence-corrected chi connectivity index (χ4v) is 3.16. The number of aliphatic hydroxyl groups excluding tert-OH is 1. The van der Waals surface area contributed by atoms with Crippen LogP contribution in [-0.4, -0.2) is 38.5 Å². The molecule has 2 aromatic rings. The van der Waals surface area contributed by atoms with Crippen LogP contribution in [0.25, 0.3) is 0 Å². The van der Waals surface area contributed by atoms with Crippen molar-refractivity contribution in [2.45, 2.75) is 19.5 Å². The van der Waals surface area contributed by atoms with E-state index in [1.165, 1.54) is 28.4 Å². The van der Waals surface area contributed by atoms with Crippen molar-refractivity contribution < 1.29 is 32.8 Å². The summed E-state index contributed by atoms with van der Waals surface area (Å²) in [5, 5.41) is 10.8. The minimum Gasteiger partial charge on any atom is -0.493 e. The first-order valence-electron chi connectivity index (χ1n) is 7.80. The molecular formula is C18H20ClF2NO5. The monoisotopic (exact) mass is 403 g/mol. The Morgan fingerprint density at radius 2 is 1.59 bits per heavy atom. The Kier molecular flexibility index (Phi) is 6.67. The van der Waals surface area contributed by atoms with Gasteiger partial charge in [0.1, 0.15) is 6.10 Å². The zero-order chi connectivity index (χ0) is 20.3. The number of hydrogen-bond donors (Lipinski definition) is 1. The minimum absolute atomic E-state index is 0.143. The predicted molar refractivity (Wildman–Crippen MR) is 95.7 cm³/mol. The van der Waals surface area contributed by atoms with Crippen molar-refractivity contribution in [1.82, 2.24) is 4.98 Å². The molecular weight excluding hydrogens is 384 g/mol. The van der Waals surface area contributed by atoms with E-state index in [1.54, 1.807) is 13.0 Å². The van der Waals surface area contributed by atoms with Gasteiger partial charge in [-0.05, 0) is 18.6 Å². The second-order valence-corrected chi connectivity index (χ2v) is 5.93. The molecule has 1 N–H and O–H groups in total. The number of halogens is 3. The molecule has 0 radical (unpaired) electrons. The van der Waals surface area contributed by atoms with Crippen LogP contribution in [-0.2, 0) is 0 Å². The Labute approximate surface area is 160 Å². The Morgan fingerprint density at radius 1 is 0.963 bits per heavy atom. The maximum atomic E-state index is 13.7. The molecule has 0 saturated heterocycles. The molecule has 0 fully saturated rings. The molecule has 0 spiro atoms. The van der Waals surface area contributed by atoms with Crippen LogP contribution in [0.4, 0.5) is 8.78 Å². The standard InChI is InChI=1S/C18H20ClF2NO5/c1-8-6-10(24-2)15(25-3)16(26-4)11(8)14(23)13-12(17(20)21)9(19)7-22-18(13)27-5/h6-7,14,17,23H,1-5H3. The highest BCUT2D eigenvalue weighted by Gasteiger charge is 2.32. The molecule has 0 aliphatic rings. The largest absolute Gasteiger partial charge is 0.493 e. The van der Waals surface area contributed by atoms with Crippen LogP contribution in [0.2, 0.25) is 5.02 Å². The van der Waals surface area contributed by atoms with Crippen molar-refractivity contribution in [3.8, 4) is 23.1 Å². The molecule has 0 amide bonds. The number of hydrogen-bond acceptors (Lipinski definition) is 6. The van der Waals surface area contributed by atoms with E-state index in [0.29, 0.717) is 11.3 Å². The molecule has 148 valence electrons. The predicted octanol–water partition coefficient (Wildman–Crippen LogP) is 4.10. The molecule has 1 aromatic carbocycles. The number of ether oxygens (including phenoxy) is 4. The molecule has 0 aliphatic heterocycles. The number of methoxy groups -OCH3 is 4. The molecule has 9 heteroatoms. The normalized spacial score (nSPS) is 12.1. The number of aryl methyl sites for hydroxylation is 1. The molecule has 1 heterocycles. The van der Waals surface area contributed by atoms with Gasteiger partial charge in [-0.2, -0.15) is 0 Å². The molecule has 27 heavy (non-hydrogen) atoms. The number of benzene rings is 1. The van der Waals surface area contributed by atoms with Crippen LogP contribution in [0.3, 0.4) is 0 Å². The maximum absolute atomic E-state index is 13.7. The van der Waals surface area contributed by atoms with Gasteiger partial charge in [-0.15, -0.1) is 0 Å². The van der Waals surface area contributed by atoms with Crippen LogP contribution < -0.4 is 18.9 Å². The highest BCUT2D eigenvalue weighted by atomic mass is 35.5. The number of nitrogens with zero attached hydrogens (tertiary/aromatic N) is 1. The van der Waals surface area contributed by atoms with Crippen molar-refractivity contribution in [2.75, 3.05) is 28.4 Å². The van der Waals surface area contributed by atoms with Crippen molar-refractivity contribution in [3.05, 3.63) is 39.5 Å².